The zero-order chi connectivity index (χ0) is 15.8. The lowest BCUT2D eigenvalue weighted by Gasteiger charge is -2.07. The van der Waals surface area contributed by atoms with Crippen LogP contribution in [0.5, 0.6) is 0 Å². The van der Waals surface area contributed by atoms with Crippen LogP contribution in [0.15, 0.2) is 42.5 Å². The van der Waals surface area contributed by atoms with Crippen molar-refractivity contribution in [2.75, 3.05) is 0 Å². The summed E-state index contributed by atoms with van der Waals surface area (Å²) in [5, 5.41) is 6.35. The van der Waals surface area contributed by atoms with E-state index in [1.54, 1.807) is 12.1 Å². The van der Waals surface area contributed by atoms with Crippen molar-refractivity contribution in [3.63, 3.8) is 0 Å². The molecule has 126 valence electrons. The van der Waals surface area contributed by atoms with Crippen LogP contribution in [0.4, 0.5) is 4.39 Å². The van der Waals surface area contributed by atoms with E-state index < -0.39 is 0 Å². The van der Waals surface area contributed by atoms with Crippen LogP contribution in [0, 0.1) is 11.7 Å². The van der Waals surface area contributed by atoms with Crippen LogP contribution in [-0.2, 0) is 24.4 Å². The molecule has 1 aliphatic carbocycles. The maximum atomic E-state index is 12.9. The molecule has 5 heteroatoms. The number of fused-ring (bicyclic) bond motifs is 1. The van der Waals surface area contributed by atoms with E-state index in [9.17, 15) is 9.18 Å². The molecule has 2 N–H and O–H groups in total. The monoisotopic (exact) mass is 346 g/mol. The van der Waals surface area contributed by atoms with Gasteiger partial charge in [-0.1, -0.05) is 30.3 Å². The number of rotatable bonds is 4. The van der Waals surface area contributed by atoms with E-state index in [1.165, 1.54) is 23.3 Å². The number of benzene rings is 2. The molecule has 4 rings (SSSR count). The second-order valence-electron chi connectivity index (χ2n) is 6.42. The van der Waals surface area contributed by atoms with E-state index in [0.29, 0.717) is 6.54 Å². The number of hydrogen-bond acceptors (Lipinski definition) is 2. The molecule has 3 nitrogen and oxygen atoms in total. The Morgan fingerprint density at radius 2 is 1.88 bits per heavy atom. The van der Waals surface area contributed by atoms with Gasteiger partial charge in [0.05, 0.1) is 0 Å². The smallest absolute Gasteiger partial charge is 0.224 e. The summed E-state index contributed by atoms with van der Waals surface area (Å²) in [7, 11) is 0. The van der Waals surface area contributed by atoms with Crippen molar-refractivity contribution in [1.82, 2.24) is 10.6 Å². The molecule has 1 fully saturated rings. The van der Waals surface area contributed by atoms with E-state index in [2.05, 4.69) is 28.8 Å². The van der Waals surface area contributed by atoms with Gasteiger partial charge >= 0.3 is 0 Å². The van der Waals surface area contributed by atoms with Crippen LogP contribution in [0.3, 0.4) is 0 Å². The maximum Gasteiger partial charge on any atom is 0.224 e. The molecular weight excluding hydrogens is 327 g/mol. The topological polar surface area (TPSA) is 41.1 Å². The van der Waals surface area contributed by atoms with Crippen LogP contribution < -0.4 is 10.6 Å². The zero-order valence-corrected chi connectivity index (χ0v) is 14.0. The van der Waals surface area contributed by atoms with Crippen LogP contribution in [0.1, 0.15) is 34.6 Å². The predicted molar refractivity (Wildman–Crippen MR) is 93.3 cm³/mol. The van der Waals surface area contributed by atoms with Gasteiger partial charge in [0.15, 0.2) is 0 Å². The highest BCUT2D eigenvalue weighted by molar-refractivity contribution is 5.85. The Labute approximate surface area is 147 Å². The van der Waals surface area contributed by atoms with Crippen molar-refractivity contribution in [2.45, 2.75) is 32.0 Å². The summed E-state index contributed by atoms with van der Waals surface area (Å²) in [6.45, 7) is 2.41. The third kappa shape index (κ3) is 3.45. The number of nitrogens with one attached hydrogen (secondary N) is 2. The van der Waals surface area contributed by atoms with Crippen molar-refractivity contribution in [1.29, 1.82) is 0 Å². The van der Waals surface area contributed by atoms with Crippen molar-refractivity contribution in [2.24, 2.45) is 5.92 Å². The average Bonchev–Trinajstić information content (AvgIpc) is 3.23. The fourth-order valence-electron chi connectivity index (χ4n) is 3.34. The first-order valence-electron chi connectivity index (χ1n) is 8.05. The van der Waals surface area contributed by atoms with Crippen LogP contribution >= 0.6 is 12.4 Å². The summed E-state index contributed by atoms with van der Waals surface area (Å²) in [4.78, 5) is 12.3. The van der Waals surface area contributed by atoms with Gasteiger partial charge in [0.2, 0.25) is 5.91 Å². The average molecular weight is 347 g/mol. The van der Waals surface area contributed by atoms with Gasteiger partial charge in [-0.2, -0.15) is 0 Å². The molecule has 0 aromatic heterocycles. The number of hydrogen-bond donors (Lipinski definition) is 2. The van der Waals surface area contributed by atoms with E-state index in [0.717, 1.165) is 30.6 Å². The molecule has 0 radical (unpaired) electrons. The highest BCUT2D eigenvalue weighted by Crippen LogP contribution is 2.47. The van der Waals surface area contributed by atoms with Gasteiger partial charge in [0.1, 0.15) is 5.82 Å². The highest BCUT2D eigenvalue weighted by atomic mass is 35.5. The summed E-state index contributed by atoms with van der Waals surface area (Å²) < 4.78 is 12.9. The minimum atomic E-state index is -0.235. The molecule has 2 aliphatic rings. The predicted octanol–water partition coefficient (Wildman–Crippen LogP) is 3.27. The first-order valence-corrected chi connectivity index (χ1v) is 8.05. The van der Waals surface area contributed by atoms with Crippen LogP contribution in [0.25, 0.3) is 0 Å². The van der Waals surface area contributed by atoms with Gasteiger partial charge in [-0.15, -0.1) is 12.4 Å². The lowest BCUT2D eigenvalue weighted by Crippen LogP contribution is -2.24. The summed E-state index contributed by atoms with van der Waals surface area (Å²) in [5.41, 5.74) is 4.86. The number of halogens is 2. The Morgan fingerprint density at radius 3 is 2.67 bits per heavy atom. The highest BCUT2D eigenvalue weighted by Gasteiger charge is 2.43. The Kier molecular flexibility index (Phi) is 4.88. The van der Waals surface area contributed by atoms with Gasteiger partial charge < -0.3 is 10.6 Å². The first-order chi connectivity index (χ1) is 11.2. The number of amides is 1. The summed E-state index contributed by atoms with van der Waals surface area (Å²) in [5.74, 6) is 0.121. The summed E-state index contributed by atoms with van der Waals surface area (Å²) in [6, 6.07) is 12.9. The second-order valence-corrected chi connectivity index (χ2v) is 6.42. The molecule has 0 bridgehead atoms. The van der Waals surface area contributed by atoms with Gasteiger partial charge in [0, 0.05) is 25.6 Å². The molecule has 0 saturated heterocycles. The molecule has 1 heterocycles. The van der Waals surface area contributed by atoms with Crippen LogP contribution in [0.2, 0.25) is 0 Å². The summed E-state index contributed by atoms with van der Waals surface area (Å²) in [6.07, 6.45) is 0.853. The Bertz CT molecular complexity index is 748. The lowest BCUT2D eigenvalue weighted by molar-refractivity contribution is -0.122. The number of carbonyl (C=O) groups is 1. The van der Waals surface area contributed by atoms with Gasteiger partial charge in [-0.25, -0.2) is 4.39 Å². The minimum absolute atomic E-state index is 0. The van der Waals surface area contributed by atoms with Gasteiger partial charge in [-0.3, -0.25) is 4.79 Å². The Morgan fingerprint density at radius 1 is 1.12 bits per heavy atom. The lowest BCUT2D eigenvalue weighted by atomic mass is 10.1. The first kappa shape index (κ1) is 16.9. The molecule has 1 saturated carbocycles. The molecule has 2 aromatic rings. The molecule has 24 heavy (non-hydrogen) atoms. The Balaban J connectivity index is 0.00000169. The van der Waals surface area contributed by atoms with Gasteiger partial charge in [-0.05, 0) is 46.7 Å². The maximum absolute atomic E-state index is 12.9. The molecule has 2 aromatic carbocycles. The fourth-order valence-corrected chi connectivity index (χ4v) is 3.34. The van der Waals surface area contributed by atoms with Crippen LogP contribution in [-0.4, -0.2) is 5.91 Å². The van der Waals surface area contributed by atoms with Gasteiger partial charge in [0.25, 0.3) is 0 Å². The molecule has 1 aliphatic heterocycles. The SMILES string of the molecule is Cl.O=C(NCc1ccc2c(c1)CNC2)C1CC1c1ccc(F)cc1. The Hall–Kier alpha value is -1.91. The quantitative estimate of drug-likeness (QED) is 0.892. The molecule has 0 spiro atoms. The van der Waals surface area contributed by atoms with Crippen molar-refractivity contribution >= 4 is 18.3 Å². The standard InChI is InChI=1S/C19H19FN2O.ClH/c20-16-5-3-13(4-6-16)17-8-18(17)19(23)22-9-12-1-2-14-10-21-11-15(14)7-12;/h1-7,17-18,21H,8-11H2,(H,22,23);1H. The third-order valence-corrected chi connectivity index (χ3v) is 4.79. The second kappa shape index (κ2) is 6.91. The summed E-state index contributed by atoms with van der Waals surface area (Å²) >= 11 is 0. The van der Waals surface area contributed by atoms with Crippen molar-refractivity contribution in [3.8, 4) is 0 Å². The van der Waals surface area contributed by atoms with Crippen molar-refractivity contribution < 1.29 is 9.18 Å². The normalized spacial score (nSPS) is 20.9. The molecule has 1 amide bonds. The van der Waals surface area contributed by atoms with E-state index >= 15 is 0 Å². The van der Waals surface area contributed by atoms with E-state index in [-0.39, 0.29) is 36.0 Å². The van der Waals surface area contributed by atoms with E-state index in [1.807, 2.05) is 0 Å². The van der Waals surface area contributed by atoms with E-state index in [4.69, 9.17) is 0 Å². The minimum Gasteiger partial charge on any atom is -0.352 e. The molecular formula is C19H20ClFN2O. The molecule has 2 atom stereocenters. The number of carbonyl (C=O) groups excluding carboxylic acids is 1. The fraction of sp³-hybridized carbons (Fsp3) is 0.316. The zero-order valence-electron chi connectivity index (χ0n) is 13.2. The largest absolute Gasteiger partial charge is 0.352 e. The van der Waals surface area contributed by atoms with Crippen molar-refractivity contribution in [3.05, 3.63) is 70.5 Å². The third-order valence-electron chi connectivity index (χ3n) is 4.79. The molecule has 2 unspecified atom stereocenters.